The Labute approximate surface area is 280 Å². The number of thioether (sulfide) groups is 3. The zero-order chi connectivity index (χ0) is 33.6. The van der Waals surface area contributed by atoms with Crippen molar-refractivity contribution in [3.8, 4) is 11.5 Å². The third-order valence-corrected chi connectivity index (χ3v) is 13.6. The molecule has 44 heavy (non-hydrogen) atoms. The molecule has 0 aromatic carbocycles. The van der Waals surface area contributed by atoms with E-state index in [1.807, 2.05) is 53.7 Å². The molecule has 2 aromatic heterocycles. The molecule has 0 aliphatic heterocycles. The van der Waals surface area contributed by atoms with Crippen LogP contribution in [-0.4, -0.2) is 34.4 Å². The first-order valence-electron chi connectivity index (χ1n) is 13.2. The number of rotatable bonds is 15. The number of carbonyl (C=O) groups excluding carboxylic acids is 1. The largest absolute Gasteiger partial charge is 0.507 e. The van der Waals surface area contributed by atoms with Gasteiger partial charge in [0.2, 0.25) is 0 Å². The molecule has 2 rings (SSSR count). The van der Waals surface area contributed by atoms with Crippen LogP contribution in [0.25, 0.3) is 9.81 Å². The highest BCUT2D eigenvalue weighted by atomic mass is 32.2. The van der Waals surface area contributed by atoms with E-state index < -0.39 is 22.8 Å². The molecule has 0 aliphatic rings. The van der Waals surface area contributed by atoms with Crippen molar-refractivity contribution in [2.24, 2.45) is 0 Å². The summed E-state index contributed by atoms with van der Waals surface area (Å²) in [6.45, 7) is 25.5. The molecule has 2 aromatic rings. The minimum Gasteiger partial charge on any atom is -0.507 e. The van der Waals surface area contributed by atoms with Gasteiger partial charge >= 0.3 is 11.9 Å². The Balaban J connectivity index is 2.34. The average Bonchev–Trinajstić information content (AvgIpc) is 3.56. The molecule has 7 nitrogen and oxygen atoms in total. The van der Waals surface area contributed by atoms with Crippen LogP contribution in [0, 0.1) is 0 Å². The van der Waals surface area contributed by atoms with Crippen molar-refractivity contribution < 1.29 is 34.7 Å². The molecule has 12 heteroatoms. The number of carboxylic acids is 1. The average molecular weight is 695 g/mol. The van der Waals surface area contributed by atoms with Gasteiger partial charge in [0.15, 0.2) is 0 Å². The van der Waals surface area contributed by atoms with E-state index in [-0.39, 0.29) is 21.3 Å². The van der Waals surface area contributed by atoms with Gasteiger partial charge in [-0.3, -0.25) is 4.89 Å². The van der Waals surface area contributed by atoms with Crippen molar-refractivity contribution in [2.75, 3.05) is 7.11 Å². The van der Waals surface area contributed by atoms with Crippen LogP contribution in [0.1, 0.15) is 68.0 Å². The Morgan fingerprint density at radius 2 is 1.52 bits per heavy atom. The monoisotopic (exact) mass is 694 g/mol. The fourth-order valence-corrected chi connectivity index (χ4v) is 9.08. The minimum atomic E-state index is -1.04. The third-order valence-electron chi connectivity index (χ3n) is 6.50. The Bertz CT molecular complexity index is 1550. The second-order valence-corrected chi connectivity index (χ2v) is 15.8. The summed E-state index contributed by atoms with van der Waals surface area (Å²) in [4.78, 5) is 38.7. The Kier molecular flexibility index (Phi) is 13.3. The van der Waals surface area contributed by atoms with Crippen molar-refractivity contribution in [2.45, 2.75) is 59.3 Å². The Morgan fingerprint density at radius 1 is 0.886 bits per heavy atom. The maximum atomic E-state index is 12.1. The van der Waals surface area contributed by atoms with E-state index >= 15 is 0 Å². The molecule has 0 atom stereocenters. The molecule has 0 unspecified atom stereocenters. The second kappa shape index (κ2) is 15.6. The second-order valence-electron chi connectivity index (χ2n) is 10.3. The van der Waals surface area contributed by atoms with E-state index in [9.17, 15) is 24.9 Å². The highest BCUT2D eigenvalue weighted by Crippen LogP contribution is 2.53. The lowest BCUT2D eigenvalue weighted by molar-refractivity contribution is -0.249. The van der Waals surface area contributed by atoms with E-state index in [4.69, 9.17) is 0 Å². The van der Waals surface area contributed by atoms with Crippen LogP contribution in [0.3, 0.4) is 0 Å². The first kappa shape index (κ1) is 37.6. The fraction of sp³-hybridized carbons (Fsp3) is 0.312. The van der Waals surface area contributed by atoms with Crippen LogP contribution in [0.15, 0.2) is 69.7 Å². The minimum absolute atomic E-state index is 0.0771. The highest BCUT2D eigenvalue weighted by Gasteiger charge is 2.34. The number of hydrogen-bond acceptors (Lipinski definition) is 11. The van der Waals surface area contributed by atoms with Crippen molar-refractivity contribution in [3.05, 3.63) is 89.2 Å². The van der Waals surface area contributed by atoms with Crippen LogP contribution in [0.2, 0.25) is 0 Å². The maximum absolute atomic E-state index is 12.1. The van der Waals surface area contributed by atoms with Gasteiger partial charge in [-0.05, 0) is 42.7 Å². The van der Waals surface area contributed by atoms with Gasteiger partial charge in [-0.15, -0.1) is 22.7 Å². The number of aromatic hydroxyl groups is 2. The van der Waals surface area contributed by atoms with Gasteiger partial charge in [-0.1, -0.05) is 101 Å². The van der Waals surface area contributed by atoms with Crippen molar-refractivity contribution in [1.29, 1.82) is 0 Å². The first-order valence-corrected chi connectivity index (χ1v) is 17.3. The van der Waals surface area contributed by atoms with Crippen LogP contribution in [0.4, 0.5) is 0 Å². The third kappa shape index (κ3) is 8.55. The lowest BCUT2D eigenvalue weighted by atomic mass is 9.90. The zero-order valence-electron chi connectivity index (χ0n) is 26.0. The SMILES string of the molecule is C=C(S/C(=C\C)C(C)(C)c1cc(O)c(/C(=C/C)SC(=C)C(C)(C)c2sc(C(=C)S/C(=C\C)C(=O)O)cc2O)s1)C(=O)OOC. The summed E-state index contributed by atoms with van der Waals surface area (Å²) in [5, 5.41) is 31.3. The van der Waals surface area contributed by atoms with Gasteiger partial charge in [0.25, 0.3) is 0 Å². The number of carbonyl (C=O) groups is 2. The summed E-state index contributed by atoms with van der Waals surface area (Å²) in [5.41, 5.74) is -1.25. The summed E-state index contributed by atoms with van der Waals surface area (Å²) < 4.78 is 0. The van der Waals surface area contributed by atoms with Crippen molar-refractivity contribution >= 4 is 79.7 Å². The molecule has 0 aliphatic carbocycles. The lowest BCUT2D eigenvalue weighted by Gasteiger charge is -2.27. The summed E-state index contributed by atoms with van der Waals surface area (Å²) in [6.07, 6.45) is 5.32. The number of hydrogen-bond donors (Lipinski definition) is 3. The Morgan fingerprint density at radius 3 is 2.05 bits per heavy atom. The standard InChI is InChI=1S/C32H38O7S5/c1-12-22(27-20(33)16-26(44-27)32(9,10)25(14-3)41-18(5)30(37)39-38-11)42-19(6)31(7,8)28-21(34)15-24(43-28)17(4)40-23(13-2)29(35)36/h12-16,33-34H,4-6H2,1-3,7-11H3,(H,35,36)/b22-12-,23-13-,25-14-. The van der Waals surface area contributed by atoms with Gasteiger partial charge in [0, 0.05) is 30.4 Å². The van der Waals surface area contributed by atoms with E-state index in [1.165, 1.54) is 59.4 Å². The number of thiophene rings is 2. The molecule has 0 spiro atoms. The van der Waals surface area contributed by atoms with E-state index in [0.29, 0.717) is 19.5 Å². The summed E-state index contributed by atoms with van der Waals surface area (Å²) in [7, 11) is 1.25. The molecule has 2 heterocycles. The summed E-state index contributed by atoms with van der Waals surface area (Å²) in [6, 6.07) is 3.33. The molecule has 3 N–H and O–H groups in total. The van der Waals surface area contributed by atoms with Crippen LogP contribution >= 0.6 is 58.0 Å². The molecule has 0 bridgehead atoms. The first-order chi connectivity index (χ1) is 20.5. The van der Waals surface area contributed by atoms with Gasteiger partial charge in [-0.2, -0.15) is 4.89 Å². The molecular formula is C32H38O7S5. The van der Waals surface area contributed by atoms with E-state index in [0.717, 1.165) is 31.4 Å². The highest BCUT2D eigenvalue weighted by molar-refractivity contribution is 8.12. The molecule has 0 saturated carbocycles. The van der Waals surface area contributed by atoms with Gasteiger partial charge in [0.05, 0.1) is 26.7 Å². The molecule has 0 radical (unpaired) electrons. The fourth-order valence-electron chi connectivity index (χ4n) is 3.83. The van der Waals surface area contributed by atoms with Crippen LogP contribution in [-0.2, 0) is 30.2 Å². The number of allylic oxidation sites excluding steroid dienone is 5. The summed E-state index contributed by atoms with van der Waals surface area (Å²) in [5.74, 6) is -1.51. The van der Waals surface area contributed by atoms with E-state index in [2.05, 4.69) is 29.5 Å². The van der Waals surface area contributed by atoms with E-state index in [1.54, 1.807) is 19.1 Å². The predicted molar refractivity (Wildman–Crippen MR) is 190 cm³/mol. The van der Waals surface area contributed by atoms with Gasteiger partial charge < -0.3 is 15.3 Å². The number of aliphatic carboxylic acids is 1. The van der Waals surface area contributed by atoms with Gasteiger partial charge in [0.1, 0.15) is 11.5 Å². The quantitative estimate of drug-likeness (QED) is 0.0946. The molecule has 238 valence electrons. The molecule has 0 fully saturated rings. The molecule has 0 amide bonds. The normalized spacial score (nSPS) is 13.1. The molecular weight excluding hydrogens is 657 g/mol. The van der Waals surface area contributed by atoms with Crippen molar-refractivity contribution in [1.82, 2.24) is 0 Å². The predicted octanol–water partition coefficient (Wildman–Crippen LogP) is 10.0. The topological polar surface area (TPSA) is 113 Å². The number of carboxylic acid groups (broad SMARTS) is 1. The van der Waals surface area contributed by atoms with Crippen LogP contribution < -0.4 is 0 Å². The lowest BCUT2D eigenvalue weighted by Crippen LogP contribution is -2.18. The zero-order valence-corrected chi connectivity index (χ0v) is 30.1. The summed E-state index contributed by atoms with van der Waals surface area (Å²) >= 11 is 6.41. The van der Waals surface area contributed by atoms with Crippen molar-refractivity contribution in [3.63, 3.8) is 0 Å². The maximum Gasteiger partial charge on any atom is 0.379 e. The van der Waals surface area contributed by atoms with Gasteiger partial charge in [-0.25, -0.2) is 9.59 Å². The Hall–Kier alpha value is -2.61. The smallest absolute Gasteiger partial charge is 0.379 e. The van der Waals surface area contributed by atoms with Crippen LogP contribution in [0.5, 0.6) is 11.5 Å². The molecule has 0 saturated heterocycles.